The zero-order valence-corrected chi connectivity index (χ0v) is 17.0. The van der Waals surface area contributed by atoms with Crippen LogP contribution in [0, 0.1) is 5.92 Å². The highest BCUT2D eigenvalue weighted by molar-refractivity contribution is 6.04. The van der Waals surface area contributed by atoms with Crippen LogP contribution in [0.4, 0.5) is 5.69 Å². The van der Waals surface area contributed by atoms with Crippen molar-refractivity contribution in [1.82, 2.24) is 14.9 Å². The van der Waals surface area contributed by atoms with Crippen LogP contribution in [0.3, 0.4) is 0 Å². The van der Waals surface area contributed by atoms with Crippen LogP contribution in [-0.4, -0.2) is 27.9 Å². The molecular weight excluding hydrogens is 352 g/mol. The Labute approximate surface area is 166 Å². The maximum atomic E-state index is 13.0. The number of nitrogens with one attached hydrogen (secondary N) is 2. The number of hydrogen-bond donors (Lipinski definition) is 2. The first kappa shape index (κ1) is 20.1. The molecule has 6 heteroatoms. The van der Waals surface area contributed by atoms with E-state index < -0.39 is 0 Å². The molecule has 1 aliphatic heterocycles. The van der Waals surface area contributed by atoms with Crippen LogP contribution in [0.25, 0.3) is 0 Å². The number of nitrogens with zero attached hydrogens (tertiary/aromatic N) is 2. The molecule has 0 saturated heterocycles. The SMILES string of the molecule is CCc1ccccc1NC(=O)c1nc(C(=O)NCCC(C)C)c2n1CCCC2. The van der Waals surface area contributed by atoms with E-state index in [9.17, 15) is 9.59 Å². The minimum Gasteiger partial charge on any atom is -0.351 e. The van der Waals surface area contributed by atoms with Crippen LogP contribution in [0.2, 0.25) is 0 Å². The molecule has 1 aliphatic rings. The Balaban J connectivity index is 1.84. The van der Waals surface area contributed by atoms with Gasteiger partial charge in [-0.2, -0.15) is 0 Å². The van der Waals surface area contributed by atoms with Gasteiger partial charge in [0.05, 0.1) is 5.69 Å². The first-order valence-electron chi connectivity index (χ1n) is 10.3. The molecule has 1 aromatic heterocycles. The van der Waals surface area contributed by atoms with Gasteiger partial charge in [-0.1, -0.05) is 39.0 Å². The van der Waals surface area contributed by atoms with Gasteiger partial charge >= 0.3 is 0 Å². The van der Waals surface area contributed by atoms with E-state index in [1.165, 1.54) is 0 Å². The van der Waals surface area contributed by atoms with E-state index in [1.807, 2.05) is 28.8 Å². The number of fused-ring (bicyclic) bond motifs is 1. The standard InChI is InChI=1S/C22H30N4O2/c1-4-16-9-5-6-10-17(16)24-22(28)20-25-19(18-11-7-8-14-26(18)20)21(27)23-13-12-15(2)3/h5-6,9-10,15H,4,7-8,11-14H2,1-3H3,(H,23,27)(H,24,28). The number of benzene rings is 1. The van der Waals surface area contributed by atoms with Crippen molar-refractivity contribution in [2.75, 3.05) is 11.9 Å². The van der Waals surface area contributed by atoms with Crippen molar-refractivity contribution in [3.05, 3.63) is 47.0 Å². The van der Waals surface area contributed by atoms with E-state index in [-0.39, 0.29) is 11.8 Å². The largest absolute Gasteiger partial charge is 0.351 e. The predicted molar refractivity (Wildman–Crippen MR) is 111 cm³/mol. The normalized spacial score (nSPS) is 13.3. The van der Waals surface area contributed by atoms with Gasteiger partial charge in [-0.25, -0.2) is 4.98 Å². The Hall–Kier alpha value is -2.63. The van der Waals surface area contributed by atoms with Gasteiger partial charge in [-0.15, -0.1) is 0 Å². The summed E-state index contributed by atoms with van der Waals surface area (Å²) in [5.41, 5.74) is 3.15. The maximum absolute atomic E-state index is 13.0. The highest BCUT2D eigenvalue weighted by Gasteiger charge is 2.27. The molecule has 6 nitrogen and oxygen atoms in total. The second kappa shape index (κ2) is 9.04. The molecular formula is C22H30N4O2. The summed E-state index contributed by atoms with van der Waals surface area (Å²) in [6, 6.07) is 7.77. The molecule has 0 unspecified atom stereocenters. The lowest BCUT2D eigenvalue weighted by atomic mass is 10.1. The third-order valence-electron chi connectivity index (χ3n) is 5.19. The molecule has 0 radical (unpaired) electrons. The van der Waals surface area contributed by atoms with Crippen molar-refractivity contribution < 1.29 is 9.59 Å². The number of aromatic nitrogens is 2. The molecule has 0 aliphatic carbocycles. The fraction of sp³-hybridized carbons (Fsp3) is 0.500. The highest BCUT2D eigenvalue weighted by atomic mass is 16.2. The van der Waals surface area contributed by atoms with Gasteiger partial charge in [0.2, 0.25) is 0 Å². The highest BCUT2D eigenvalue weighted by Crippen LogP contribution is 2.23. The van der Waals surface area contributed by atoms with Crippen LogP contribution in [0.5, 0.6) is 0 Å². The smallest absolute Gasteiger partial charge is 0.291 e. The number of aryl methyl sites for hydroxylation is 1. The molecule has 0 atom stereocenters. The van der Waals surface area contributed by atoms with Crippen molar-refractivity contribution >= 4 is 17.5 Å². The van der Waals surface area contributed by atoms with Gasteiger partial charge in [-0.05, 0) is 49.7 Å². The average Bonchev–Trinajstić information content (AvgIpc) is 3.08. The fourth-order valence-electron chi connectivity index (χ4n) is 3.59. The molecule has 150 valence electrons. The van der Waals surface area contributed by atoms with E-state index in [1.54, 1.807) is 0 Å². The van der Waals surface area contributed by atoms with Crippen molar-refractivity contribution in [3.63, 3.8) is 0 Å². The Kier molecular flexibility index (Phi) is 6.49. The molecule has 1 aromatic carbocycles. The second-order valence-electron chi connectivity index (χ2n) is 7.74. The van der Waals surface area contributed by atoms with Crippen molar-refractivity contribution in [1.29, 1.82) is 0 Å². The minimum atomic E-state index is -0.259. The summed E-state index contributed by atoms with van der Waals surface area (Å²) in [7, 11) is 0. The summed E-state index contributed by atoms with van der Waals surface area (Å²) in [5, 5.41) is 5.94. The zero-order valence-electron chi connectivity index (χ0n) is 17.0. The first-order valence-corrected chi connectivity index (χ1v) is 10.3. The molecule has 2 N–H and O–H groups in total. The van der Waals surface area contributed by atoms with Crippen LogP contribution >= 0.6 is 0 Å². The van der Waals surface area contributed by atoms with Crippen molar-refractivity contribution in [2.45, 2.75) is 59.4 Å². The lowest BCUT2D eigenvalue weighted by molar-refractivity contribution is 0.0946. The minimum absolute atomic E-state index is 0.181. The maximum Gasteiger partial charge on any atom is 0.291 e. The van der Waals surface area contributed by atoms with Gasteiger partial charge in [0.1, 0.15) is 5.69 Å². The molecule has 2 heterocycles. The topological polar surface area (TPSA) is 76.0 Å². The van der Waals surface area contributed by atoms with Crippen molar-refractivity contribution in [3.8, 4) is 0 Å². The quantitative estimate of drug-likeness (QED) is 0.764. The molecule has 28 heavy (non-hydrogen) atoms. The lowest BCUT2D eigenvalue weighted by Gasteiger charge is -2.17. The summed E-state index contributed by atoms with van der Waals surface area (Å²) < 4.78 is 1.92. The van der Waals surface area contributed by atoms with E-state index in [2.05, 4.69) is 36.4 Å². The number of carbonyl (C=O) groups excluding carboxylic acids is 2. The van der Waals surface area contributed by atoms with Crippen LogP contribution in [0.1, 0.15) is 72.4 Å². The zero-order chi connectivity index (χ0) is 20.1. The number of anilines is 1. The van der Waals surface area contributed by atoms with Crippen LogP contribution in [0.15, 0.2) is 24.3 Å². The first-order chi connectivity index (χ1) is 13.5. The summed E-state index contributed by atoms with van der Waals surface area (Å²) in [5.74, 6) is 0.412. The molecule has 0 fully saturated rings. The number of para-hydroxylation sites is 1. The summed E-state index contributed by atoms with van der Waals surface area (Å²) >= 11 is 0. The Bertz CT molecular complexity index is 854. The number of imidazole rings is 1. The lowest BCUT2D eigenvalue weighted by Crippen LogP contribution is -2.27. The summed E-state index contributed by atoms with van der Waals surface area (Å²) in [4.78, 5) is 30.1. The number of rotatable bonds is 7. The molecule has 0 saturated carbocycles. The second-order valence-corrected chi connectivity index (χ2v) is 7.74. The summed E-state index contributed by atoms with van der Waals surface area (Å²) in [6.07, 6.45) is 4.53. The number of carbonyl (C=O) groups is 2. The van der Waals surface area contributed by atoms with Crippen LogP contribution < -0.4 is 10.6 Å². The monoisotopic (exact) mass is 382 g/mol. The van der Waals surface area contributed by atoms with Gasteiger partial charge in [0.15, 0.2) is 5.82 Å². The van der Waals surface area contributed by atoms with E-state index >= 15 is 0 Å². The van der Waals surface area contributed by atoms with E-state index in [4.69, 9.17) is 0 Å². The molecule has 0 spiro atoms. The number of amides is 2. The van der Waals surface area contributed by atoms with Gasteiger partial charge in [-0.3, -0.25) is 9.59 Å². The Morgan fingerprint density at radius 2 is 1.96 bits per heavy atom. The third kappa shape index (κ3) is 4.43. The Morgan fingerprint density at radius 1 is 1.18 bits per heavy atom. The summed E-state index contributed by atoms with van der Waals surface area (Å²) in [6.45, 7) is 7.65. The van der Waals surface area contributed by atoms with Gasteiger partial charge in [0, 0.05) is 18.8 Å². The average molecular weight is 383 g/mol. The third-order valence-corrected chi connectivity index (χ3v) is 5.19. The van der Waals surface area contributed by atoms with Crippen molar-refractivity contribution in [2.24, 2.45) is 5.92 Å². The van der Waals surface area contributed by atoms with E-state index in [0.717, 1.165) is 55.6 Å². The molecule has 3 rings (SSSR count). The van der Waals surface area contributed by atoms with E-state index in [0.29, 0.717) is 24.0 Å². The van der Waals surface area contributed by atoms with Gasteiger partial charge in [0.25, 0.3) is 11.8 Å². The molecule has 2 aromatic rings. The fourth-order valence-corrected chi connectivity index (χ4v) is 3.59. The Morgan fingerprint density at radius 3 is 2.71 bits per heavy atom. The predicted octanol–water partition coefficient (Wildman–Crippen LogP) is 3.81. The van der Waals surface area contributed by atoms with Crippen LogP contribution in [-0.2, 0) is 19.4 Å². The molecule has 0 bridgehead atoms. The molecule has 2 amide bonds. The van der Waals surface area contributed by atoms with Gasteiger partial charge < -0.3 is 15.2 Å². The number of hydrogen-bond acceptors (Lipinski definition) is 3.